The van der Waals surface area contributed by atoms with Gasteiger partial charge in [-0.3, -0.25) is 0 Å². The molecule has 1 N–H and O–H groups in total. The molecule has 1 aromatic rings. The zero-order chi connectivity index (χ0) is 14.5. The van der Waals surface area contributed by atoms with Crippen molar-refractivity contribution < 1.29 is 0 Å². The van der Waals surface area contributed by atoms with Gasteiger partial charge in [0, 0.05) is 12.1 Å². The predicted octanol–water partition coefficient (Wildman–Crippen LogP) is 5.11. The van der Waals surface area contributed by atoms with Crippen LogP contribution in [-0.4, -0.2) is 6.04 Å². The summed E-state index contributed by atoms with van der Waals surface area (Å²) in [6.45, 7) is 9.29. The van der Waals surface area contributed by atoms with E-state index in [4.69, 9.17) is 0 Å². The first-order valence-electron chi connectivity index (χ1n) is 8.54. The van der Waals surface area contributed by atoms with E-state index in [1.54, 1.807) is 0 Å². The van der Waals surface area contributed by atoms with E-state index in [1.165, 1.54) is 36.8 Å². The number of hydrogen-bond donors (Lipinski definition) is 1. The maximum Gasteiger partial charge on any atom is 0.0320 e. The van der Waals surface area contributed by atoms with Gasteiger partial charge in [-0.05, 0) is 48.6 Å². The van der Waals surface area contributed by atoms with Crippen LogP contribution in [0.5, 0.6) is 0 Å². The van der Waals surface area contributed by atoms with Crippen molar-refractivity contribution in [2.24, 2.45) is 11.8 Å². The molecule has 1 fully saturated rings. The summed E-state index contributed by atoms with van der Waals surface area (Å²) in [5.74, 6) is 1.75. The van der Waals surface area contributed by atoms with Crippen molar-refractivity contribution >= 4 is 0 Å². The van der Waals surface area contributed by atoms with E-state index in [0.29, 0.717) is 12.1 Å². The highest BCUT2D eigenvalue weighted by atomic mass is 15.0. The van der Waals surface area contributed by atoms with Gasteiger partial charge < -0.3 is 5.32 Å². The average molecular weight is 273 g/mol. The Bertz CT molecular complexity index is 395. The van der Waals surface area contributed by atoms with Crippen LogP contribution in [0.2, 0.25) is 0 Å². The molecule has 0 saturated heterocycles. The van der Waals surface area contributed by atoms with Gasteiger partial charge in [-0.25, -0.2) is 0 Å². The molecule has 0 radical (unpaired) electrons. The highest BCUT2D eigenvalue weighted by Gasteiger charge is 2.32. The van der Waals surface area contributed by atoms with E-state index < -0.39 is 0 Å². The fraction of sp³-hybridized carbons (Fsp3) is 0.684. The quantitative estimate of drug-likeness (QED) is 0.759. The minimum Gasteiger partial charge on any atom is -0.307 e. The molecular weight excluding hydrogens is 242 g/mol. The Morgan fingerprint density at radius 2 is 1.80 bits per heavy atom. The van der Waals surface area contributed by atoms with Crippen LogP contribution < -0.4 is 5.32 Å². The van der Waals surface area contributed by atoms with Crippen molar-refractivity contribution in [3.05, 3.63) is 35.4 Å². The number of rotatable bonds is 6. The van der Waals surface area contributed by atoms with E-state index in [9.17, 15) is 0 Å². The Hall–Kier alpha value is -0.820. The standard InChI is InChI=1S/C19H31N/c1-5-15-8-10-17(11-9-15)18(7-3)20-19-13-12-16(6-2)14(19)4/h8-11,14,16,18-20H,5-7,12-13H2,1-4H3. The molecule has 0 amide bonds. The molecule has 1 aromatic carbocycles. The van der Waals surface area contributed by atoms with Crippen LogP contribution in [-0.2, 0) is 6.42 Å². The van der Waals surface area contributed by atoms with Gasteiger partial charge in [-0.2, -0.15) is 0 Å². The number of nitrogens with one attached hydrogen (secondary N) is 1. The smallest absolute Gasteiger partial charge is 0.0320 e. The van der Waals surface area contributed by atoms with Crippen molar-refractivity contribution in [1.82, 2.24) is 5.32 Å². The molecule has 0 aromatic heterocycles. The van der Waals surface area contributed by atoms with Crippen molar-refractivity contribution in [2.75, 3.05) is 0 Å². The van der Waals surface area contributed by atoms with Crippen molar-refractivity contribution in [2.45, 2.75) is 71.9 Å². The van der Waals surface area contributed by atoms with Crippen LogP contribution in [0.1, 0.15) is 70.5 Å². The minimum absolute atomic E-state index is 0.518. The molecule has 0 aliphatic heterocycles. The summed E-state index contributed by atoms with van der Waals surface area (Å²) < 4.78 is 0. The second-order valence-electron chi connectivity index (χ2n) is 6.43. The van der Waals surface area contributed by atoms with Gasteiger partial charge >= 0.3 is 0 Å². The van der Waals surface area contributed by atoms with Crippen LogP contribution in [0.15, 0.2) is 24.3 Å². The Morgan fingerprint density at radius 3 is 2.30 bits per heavy atom. The highest BCUT2D eigenvalue weighted by Crippen LogP contribution is 2.35. The Labute approximate surface area is 125 Å². The molecule has 1 saturated carbocycles. The molecule has 4 unspecified atom stereocenters. The maximum absolute atomic E-state index is 3.93. The van der Waals surface area contributed by atoms with Crippen molar-refractivity contribution in [1.29, 1.82) is 0 Å². The molecule has 4 atom stereocenters. The predicted molar refractivity (Wildman–Crippen MR) is 88.0 cm³/mol. The molecular formula is C19H31N. The van der Waals surface area contributed by atoms with E-state index in [0.717, 1.165) is 18.3 Å². The van der Waals surface area contributed by atoms with Gasteiger partial charge in [0.2, 0.25) is 0 Å². The molecule has 1 aliphatic rings. The van der Waals surface area contributed by atoms with Crippen LogP contribution in [0.3, 0.4) is 0 Å². The lowest BCUT2D eigenvalue weighted by molar-refractivity contribution is 0.318. The second kappa shape index (κ2) is 7.26. The van der Waals surface area contributed by atoms with Crippen molar-refractivity contribution in [3.8, 4) is 0 Å². The van der Waals surface area contributed by atoms with Gasteiger partial charge in [0.05, 0.1) is 0 Å². The van der Waals surface area contributed by atoms with Gasteiger partial charge in [-0.15, -0.1) is 0 Å². The summed E-state index contributed by atoms with van der Waals surface area (Å²) in [6, 6.07) is 10.4. The lowest BCUT2D eigenvalue weighted by atomic mass is 9.92. The summed E-state index contributed by atoms with van der Waals surface area (Å²) in [7, 11) is 0. The fourth-order valence-electron chi connectivity index (χ4n) is 3.75. The Morgan fingerprint density at radius 1 is 1.10 bits per heavy atom. The fourth-order valence-corrected chi connectivity index (χ4v) is 3.75. The van der Waals surface area contributed by atoms with Gasteiger partial charge in [0.15, 0.2) is 0 Å². The Balaban J connectivity index is 2.01. The lowest BCUT2D eigenvalue weighted by Crippen LogP contribution is -2.35. The third-order valence-electron chi connectivity index (χ3n) is 5.36. The van der Waals surface area contributed by atoms with Crippen LogP contribution in [0, 0.1) is 11.8 Å². The summed E-state index contributed by atoms with van der Waals surface area (Å²) in [4.78, 5) is 0. The summed E-state index contributed by atoms with van der Waals surface area (Å²) >= 11 is 0. The number of hydrogen-bond acceptors (Lipinski definition) is 1. The molecule has 0 bridgehead atoms. The average Bonchev–Trinajstić information content (AvgIpc) is 2.85. The highest BCUT2D eigenvalue weighted by molar-refractivity contribution is 5.25. The number of benzene rings is 1. The van der Waals surface area contributed by atoms with E-state index in [-0.39, 0.29) is 0 Å². The minimum atomic E-state index is 0.518. The topological polar surface area (TPSA) is 12.0 Å². The molecule has 1 nitrogen and oxygen atoms in total. The molecule has 1 aliphatic carbocycles. The molecule has 112 valence electrons. The monoisotopic (exact) mass is 273 g/mol. The van der Waals surface area contributed by atoms with Gasteiger partial charge in [-0.1, -0.05) is 58.4 Å². The maximum atomic E-state index is 3.93. The first-order valence-corrected chi connectivity index (χ1v) is 8.54. The summed E-state index contributed by atoms with van der Waals surface area (Å²) in [5.41, 5.74) is 2.89. The van der Waals surface area contributed by atoms with Crippen LogP contribution in [0.25, 0.3) is 0 Å². The summed E-state index contributed by atoms with van der Waals surface area (Å²) in [5, 5.41) is 3.93. The molecule has 0 spiro atoms. The SMILES string of the molecule is CCc1ccc(C(CC)NC2CCC(CC)C2C)cc1. The zero-order valence-electron chi connectivity index (χ0n) is 13.7. The largest absolute Gasteiger partial charge is 0.307 e. The first-order chi connectivity index (χ1) is 9.69. The normalized spacial score (nSPS) is 27.7. The van der Waals surface area contributed by atoms with E-state index in [1.807, 2.05) is 0 Å². The summed E-state index contributed by atoms with van der Waals surface area (Å²) in [6.07, 6.45) is 6.39. The Kier molecular flexibility index (Phi) is 5.65. The van der Waals surface area contributed by atoms with E-state index >= 15 is 0 Å². The first kappa shape index (κ1) is 15.6. The van der Waals surface area contributed by atoms with Crippen LogP contribution in [0.4, 0.5) is 0 Å². The zero-order valence-corrected chi connectivity index (χ0v) is 13.7. The number of aryl methyl sites for hydroxylation is 1. The second-order valence-corrected chi connectivity index (χ2v) is 6.43. The van der Waals surface area contributed by atoms with Gasteiger partial charge in [0.1, 0.15) is 0 Å². The molecule has 2 rings (SSSR count). The molecule has 0 heterocycles. The van der Waals surface area contributed by atoms with Crippen molar-refractivity contribution in [3.63, 3.8) is 0 Å². The van der Waals surface area contributed by atoms with Gasteiger partial charge in [0.25, 0.3) is 0 Å². The third-order valence-corrected chi connectivity index (χ3v) is 5.36. The van der Waals surface area contributed by atoms with E-state index in [2.05, 4.69) is 57.3 Å². The lowest BCUT2D eigenvalue weighted by Gasteiger charge is -2.27. The third kappa shape index (κ3) is 3.44. The molecule has 20 heavy (non-hydrogen) atoms. The molecule has 1 heteroatoms. The van der Waals surface area contributed by atoms with Crippen LogP contribution >= 0.6 is 0 Å².